The highest BCUT2D eigenvalue weighted by atomic mass is 16.5. The Morgan fingerprint density at radius 2 is 1.86 bits per heavy atom. The highest BCUT2D eigenvalue weighted by Crippen LogP contribution is 2.41. The highest BCUT2D eigenvalue weighted by Gasteiger charge is 2.38. The third-order valence-electron chi connectivity index (χ3n) is 12.8. The van der Waals surface area contributed by atoms with E-state index < -0.39 is 41.3 Å². The molecule has 0 unspecified atom stereocenters. The molecule has 16 nitrogen and oxygen atoms in total. The second-order valence-corrected chi connectivity index (χ2v) is 18.8. The zero-order chi connectivity index (χ0) is 46.7. The highest BCUT2D eigenvalue weighted by molar-refractivity contribution is 5.96. The van der Waals surface area contributed by atoms with Crippen molar-refractivity contribution >= 4 is 40.5 Å². The van der Waals surface area contributed by atoms with Gasteiger partial charge in [0.2, 0.25) is 17.7 Å². The number of benzene rings is 2. The van der Waals surface area contributed by atoms with Crippen LogP contribution in [0.1, 0.15) is 70.6 Å². The van der Waals surface area contributed by atoms with E-state index in [2.05, 4.69) is 58.5 Å². The molecule has 2 saturated heterocycles. The fourth-order valence-corrected chi connectivity index (χ4v) is 9.32. The molecule has 65 heavy (non-hydrogen) atoms. The molecule has 7 rings (SSSR count). The smallest absolute Gasteiger partial charge is 0.324 e. The number of carbonyl (C=O) groups excluding carboxylic acids is 5. The Kier molecular flexibility index (Phi) is 14.3. The number of hydrogen-bond acceptors (Lipinski definition) is 11. The molecule has 5 heterocycles. The van der Waals surface area contributed by atoms with Crippen LogP contribution < -0.4 is 16.1 Å². The van der Waals surface area contributed by atoms with Crippen molar-refractivity contribution in [2.24, 2.45) is 11.3 Å². The number of aryl methyl sites for hydroxylation is 1. The summed E-state index contributed by atoms with van der Waals surface area (Å²) in [5.74, 6) is -2.26. The number of nitrogens with zero attached hydrogens (tertiary/aromatic N) is 5. The van der Waals surface area contributed by atoms with Gasteiger partial charge in [0.1, 0.15) is 23.9 Å². The Morgan fingerprint density at radius 1 is 1.09 bits per heavy atom. The summed E-state index contributed by atoms with van der Waals surface area (Å²) in [6, 6.07) is 10.2. The van der Waals surface area contributed by atoms with Crippen LogP contribution in [0, 0.1) is 11.3 Å². The third kappa shape index (κ3) is 10.5. The van der Waals surface area contributed by atoms with E-state index in [-0.39, 0.29) is 62.1 Å². The summed E-state index contributed by atoms with van der Waals surface area (Å²) in [5.41, 5.74) is 9.72. The van der Waals surface area contributed by atoms with Gasteiger partial charge in [0.15, 0.2) is 0 Å². The Balaban J connectivity index is 1.28. The maximum absolute atomic E-state index is 14.7. The molecule has 3 aliphatic rings. The minimum atomic E-state index is -1.16. The number of hydrogen-bond donors (Lipinski definition) is 4. The number of fused-ring (bicyclic) bond motifs is 6. The lowest BCUT2D eigenvalue weighted by Gasteiger charge is -2.37. The quantitative estimate of drug-likeness (QED) is 0.118. The number of aromatic nitrogens is 2. The zero-order valence-corrected chi connectivity index (χ0v) is 38.9. The number of cyclic esters (lactones) is 1. The van der Waals surface area contributed by atoms with Gasteiger partial charge in [-0.2, -0.15) is 0 Å². The minimum Gasteiger partial charge on any atom is -0.508 e. The molecule has 0 saturated carbocycles. The molecule has 2 aromatic heterocycles. The summed E-state index contributed by atoms with van der Waals surface area (Å²) in [6.07, 6.45) is 5.14. The number of rotatable bonds is 12. The number of likely N-dealkylation sites (N-methyl/N-ethyl adjacent to an activating group) is 2. The van der Waals surface area contributed by atoms with Crippen LogP contribution in [0.4, 0.5) is 0 Å². The van der Waals surface area contributed by atoms with Gasteiger partial charge in [-0.3, -0.25) is 34.0 Å². The van der Waals surface area contributed by atoms with E-state index in [9.17, 15) is 29.1 Å². The first-order chi connectivity index (χ1) is 31.0. The van der Waals surface area contributed by atoms with Gasteiger partial charge in [-0.25, -0.2) is 5.43 Å². The molecule has 2 aromatic carbocycles. The maximum Gasteiger partial charge on any atom is 0.324 e. The van der Waals surface area contributed by atoms with E-state index in [0.717, 1.165) is 44.4 Å². The van der Waals surface area contributed by atoms with Gasteiger partial charge in [0.05, 0.1) is 24.9 Å². The Bertz CT molecular complexity index is 2440. The first-order valence-electron chi connectivity index (χ1n) is 22.7. The van der Waals surface area contributed by atoms with Crippen molar-refractivity contribution in [1.82, 2.24) is 40.4 Å². The molecule has 4 amide bonds. The second-order valence-electron chi connectivity index (χ2n) is 18.8. The summed E-state index contributed by atoms with van der Waals surface area (Å²) in [6.45, 7) is 12.2. The lowest BCUT2D eigenvalue weighted by atomic mass is 9.84. The largest absolute Gasteiger partial charge is 0.508 e. The van der Waals surface area contributed by atoms with Crippen LogP contribution in [0.3, 0.4) is 0 Å². The Hall–Kier alpha value is -5.84. The van der Waals surface area contributed by atoms with Crippen molar-refractivity contribution in [3.05, 3.63) is 71.5 Å². The molecular formula is C49H64N8O8. The van der Waals surface area contributed by atoms with Gasteiger partial charge in [0.25, 0.3) is 5.91 Å². The van der Waals surface area contributed by atoms with E-state index in [4.69, 9.17) is 9.47 Å². The molecular weight excluding hydrogens is 829 g/mol. The molecule has 2 fully saturated rings. The van der Waals surface area contributed by atoms with Crippen LogP contribution >= 0.6 is 0 Å². The van der Waals surface area contributed by atoms with Crippen LogP contribution in [0.15, 0.2) is 54.9 Å². The molecule has 4 atom stereocenters. The molecule has 0 aliphatic carbocycles. The van der Waals surface area contributed by atoms with E-state index in [1.165, 1.54) is 14.8 Å². The average Bonchev–Trinajstić information content (AvgIpc) is 4.09. The van der Waals surface area contributed by atoms with Crippen LogP contribution in [-0.2, 0) is 59.4 Å². The van der Waals surface area contributed by atoms with Crippen molar-refractivity contribution < 1.29 is 38.6 Å². The van der Waals surface area contributed by atoms with Gasteiger partial charge >= 0.3 is 5.97 Å². The zero-order valence-electron chi connectivity index (χ0n) is 38.9. The monoisotopic (exact) mass is 892 g/mol. The number of ether oxygens (including phenoxy) is 2. The van der Waals surface area contributed by atoms with Gasteiger partial charge in [-0.15, -0.1) is 0 Å². The van der Waals surface area contributed by atoms with Crippen molar-refractivity contribution in [3.8, 4) is 28.1 Å². The molecule has 348 valence electrons. The van der Waals surface area contributed by atoms with E-state index >= 15 is 0 Å². The number of phenols is 1. The lowest BCUT2D eigenvalue weighted by molar-refractivity contribution is -0.155. The fraction of sp³-hybridized carbons (Fsp3) is 0.510. The number of nitrogens with one attached hydrogen (secondary N) is 3. The molecule has 3 aliphatic heterocycles. The van der Waals surface area contributed by atoms with Crippen molar-refractivity contribution in [1.29, 1.82) is 0 Å². The molecule has 16 heteroatoms. The SMILES string of the molecule is CCn1c(-c2cnccc2COC)c2c3cc(ccc31)-c1cc(O)cc(c1)C[C@H](NC(=O)[C@H](C(C)C)N(C)C(=O)CCN(C)C(=O)[C@@H]1CN1)C(=O)N1CCC[C@H](N1)C(=O)OCC(C)(C)C2. The number of methoxy groups -OCH3 is 1. The number of carbonyl (C=O) groups is 5. The number of pyridine rings is 1. The van der Waals surface area contributed by atoms with Crippen LogP contribution in [0.5, 0.6) is 5.75 Å². The van der Waals surface area contributed by atoms with E-state index in [1.54, 1.807) is 39.5 Å². The van der Waals surface area contributed by atoms with Crippen LogP contribution in [-0.4, -0.2) is 131 Å². The number of phenolic OH excluding ortho intramolecular Hbond substituents is 1. The van der Waals surface area contributed by atoms with Gasteiger partial charge in [0, 0.05) is 94.5 Å². The van der Waals surface area contributed by atoms with Crippen LogP contribution in [0.25, 0.3) is 33.3 Å². The molecule has 4 N–H and O–H groups in total. The molecule has 0 radical (unpaired) electrons. The van der Waals surface area contributed by atoms with Gasteiger partial charge in [-0.05, 0) is 90.3 Å². The summed E-state index contributed by atoms with van der Waals surface area (Å²) in [7, 11) is 4.88. The number of aromatic hydroxyl groups is 1. The summed E-state index contributed by atoms with van der Waals surface area (Å²) in [5, 5.41) is 19.6. The first kappa shape index (κ1) is 47.1. The predicted molar refractivity (Wildman–Crippen MR) is 246 cm³/mol. The second kappa shape index (κ2) is 19.7. The standard InChI is InChI=1S/C49H64N8O8/c1-9-56-41-13-12-31-23-35(41)36(44(56)37-25-50-16-14-32(37)27-64-8)24-49(4,5)28-65-48(63)38-11-10-17-57(53-38)47(62)39(21-30-19-33(31)22-34(58)20-30)52-45(60)43(29(2)3)55(7)42(59)15-18-54(6)46(61)40-26-51-40/h12-14,16,19-20,22-23,25,29,38-40,43,51,53,58H,9-11,15,17-18,21,24,26-28H2,1-8H3,(H,52,60)/t38-,39-,40-,43-/m0/s1. The average molecular weight is 893 g/mol. The first-order valence-corrected chi connectivity index (χ1v) is 22.7. The molecule has 6 bridgehead atoms. The minimum absolute atomic E-state index is 0.00875. The number of hydrazine groups is 1. The van der Waals surface area contributed by atoms with Crippen molar-refractivity contribution in [2.75, 3.05) is 47.4 Å². The third-order valence-corrected chi connectivity index (χ3v) is 12.8. The Labute approximate surface area is 381 Å². The van der Waals surface area contributed by atoms with E-state index in [1.807, 2.05) is 38.2 Å². The molecule has 4 aromatic rings. The number of amides is 4. The summed E-state index contributed by atoms with van der Waals surface area (Å²) >= 11 is 0. The normalized spacial score (nSPS) is 20.2. The summed E-state index contributed by atoms with van der Waals surface area (Å²) < 4.78 is 14.0. The molecule has 0 spiro atoms. The number of esters is 1. The predicted octanol–water partition coefficient (Wildman–Crippen LogP) is 4.19. The van der Waals surface area contributed by atoms with E-state index in [0.29, 0.717) is 44.5 Å². The van der Waals surface area contributed by atoms with Gasteiger partial charge in [-0.1, -0.05) is 39.8 Å². The van der Waals surface area contributed by atoms with Gasteiger partial charge < -0.3 is 39.6 Å². The fourth-order valence-electron chi connectivity index (χ4n) is 9.32. The Morgan fingerprint density at radius 3 is 2.57 bits per heavy atom. The summed E-state index contributed by atoms with van der Waals surface area (Å²) in [4.78, 5) is 76.4. The lowest BCUT2D eigenvalue weighted by Crippen LogP contribution is -2.62. The van der Waals surface area contributed by atoms with Crippen molar-refractivity contribution in [2.45, 2.75) is 104 Å². The van der Waals surface area contributed by atoms with Crippen LogP contribution in [0.2, 0.25) is 0 Å². The topological polar surface area (TPSA) is 198 Å². The maximum atomic E-state index is 14.7. The van der Waals surface area contributed by atoms with Crippen molar-refractivity contribution in [3.63, 3.8) is 0 Å².